The van der Waals surface area contributed by atoms with Crippen molar-refractivity contribution in [1.29, 1.82) is 0 Å². The van der Waals surface area contributed by atoms with Crippen LogP contribution in [0.15, 0.2) is 47.3 Å². The van der Waals surface area contributed by atoms with Gasteiger partial charge in [0.1, 0.15) is 6.26 Å². The zero-order chi connectivity index (χ0) is 24.1. The second-order valence-electron chi connectivity index (χ2n) is 8.56. The molecule has 1 aromatic carbocycles. The van der Waals surface area contributed by atoms with E-state index in [1.807, 2.05) is 4.90 Å². The average molecular weight is 479 g/mol. The third-order valence-corrected chi connectivity index (χ3v) is 6.27. The summed E-state index contributed by atoms with van der Waals surface area (Å²) < 4.78 is 49.7. The van der Waals surface area contributed by atoms with Crippen molar-refractivity contribution in [1.82, 2.24) is 9.80 Å². The molecule has 2 fully saturated rings. The molecule has 1 aromatic heterocycles. The van der Waals surface area contributed by atoms with Crippen LogP contribution >= 0.6 is 0 Å². The smallest absolute Gasteiger partial charge is 0.416 e. The minimum atomic E-state index is -4.39. The number of alkyl halides is 3. The van der Waals surface area contributed by atoms with Gasteiger partial charge in [0.2, 0.25) is 5.91 Å². The summed E-state index contributed by atoms with van der Waals surface area (Å²) in [5, 5.41) is 0. The van der Waals surface area contributed by atoms with E-state index >= 15 is 0 Å². The molecule has 4 rings (SSSR count). The van der Waals surface area contributed by atoms with Gasteiger partial charge in [-0.15, -0.1) is 0 Å². The minimum absolute atomic E-state index is 0.0399. The Morgan fingerprint density at radius 3 is 2.56 bits per heavy atom. The van der Waals surface area contributed by atoms with Gasteiger partial charge in [-0.2, -0.15) is 13.2 Å². The molecule has 2 aliphatic heterocycles. The lowest BCUT2D eigenvalue weighted by atomic mass is 10.1. The molecule has 10 heteroatoms. The predicted octanol–water partition coefficient (Wildman–Crippen LogP) is 3.66. The Bertz CT molecular complexity index is 966. The van der Waals surface area contributed by atoms with E-state index in [9.17, 15) is 22.8 Å². The number of hydrogen-bond donors (Lipinski definition) is 0. The molecule has 0 bridgehead atoms. The Morgan fingerprint density at radius 1 is 1.12 bits per heavy atom. The molecule has 1 unspecified atom stereocenters. The van der Waals surface area contributed by atoms with E-state index in [-0.39, 0.29) is 30.9 Å². The maximum atomic E-state index is 13.0. The monoisotopic (exact) mass is 479 g/mol. The molecule has 0 saturated carbocycles. The summed E-state index contributed by atoms with van der Waals surface area (Å²) in [7, 11) is 0. The Balaban J connectivity index is 1.31. The van der Waals surface area contributed by atoms with Gasteiger partial charge >= 0.3 is 6.18 Å². The molecule has 1 atom stereocenters. The fraction of sp³-hybridized carbons (Fsp3) is 0.500. The maximum Gasteiger partial charge on any atom is 0.416 e. The first-order valence-electron chi connectivity index (χ1n) is 11.4. The molecule has 2 saturated heterocycles. The molecule has 34 heavy (non-hydrogen) atoms. The summed E-state index contributed by atoms with van der Waals surface area (Å²) in [5.74, 6) is -0.285. The van der Waals surface area contributed by atoms with Gasteiger partial charge < -0.3 is 23.9 Å². The van der Waals surface area contributed by atoms with Crippen molar-refractivity contribution in [2.24, 2.45) is 0 Å². The van der Waals surface area contributed by atoms with Crippen LogP contribution in [0.5, 0.6) is 0 Å². The second kappa shape index (κ2) is 10.5. The lowest BCUT2D eigenvalue weighted by Crippen LogP contribution is -2.49. The van der Waals surface area contributed by atoms with E-state index in [1.54, 1.807) is 21.9 Å². The molecule has 2 aromatic rings. The van der Waals surface area contributed by atoms with Gasteiger partial charge in [-0.1, -0.05) is 6.07 Å². The van der Waals surface area contributed by atoms with E-state index in [0.29, 0.717) is 50.6 Å². The van der Waals surface area contributed by atoms with Gasteiger partial charge in [0.15, 0.2) is 0 Å². The summed E-state index contributed by atoms with van der Waals surface area (Å²) in [6.07, 6.45) is 0.388. The van der Waals surface area contributed by atoms with Crippen LogP contribution in [-0.4, -0.2) is 73.6 Å². The zero-order valence-electron chi connectivity index (χ0n) is 18.8. The average Bonchev–Trinajstić information content (AvgIpc) is 3.55. The number of furan rings is 1. The molecule has 2 amide bonds. The topological polar surface area (TPSA) is 66.2 Å². The SMILES string of the molecule is O=C(CCN(CC1CCCO1)C(=O)c1ccoc1)N1CCN(c2cccc(C(F)(F)F)c2)CC1. The van der Waals surface area contributed by atoms with Gasteiger partial charge in [0.05, 0.1) is 23.5 Å². The molecule has 0 aliphatic carbocycles. The van der Waals surface area contributed by atoms with Crippen LogP contribution in [0.1, 0.15) is 35.2 Å². The van der Waals surface area contributed by atoms with Crippen molar-refractivity contribution in [2.45, 2.75) is 31.5 Å². The van der Waals surface area contributed by atoms with Crippen molar-refractivity contribution < 1.29 is 31.9 Å². The number of rotatable bonds is 7. The van der Waals surface area contributed by atoms with Gasteiger partial charge in [0.25, 0.3) is 5.91 Å². The number of anilines is 1. The van der Waals surface area contributed by atoms with Crippen LogP contribution < -0.4 is 4.90 Å². The molecule has 3 heterocycles. The highest BCUT2D eigenvalue weighted by molar-refractivity contribution is 5.94. The number of benzene rings is 1. The maximum absolute atomic E-state index is 13.0. The molecule has 2 aliphatic rings. The highest BCUT2D eigenvalue weighted by Gasteiger charge is 2.31. The van der Waals surface area contributed by atoms with Crippen molar-refractivity contribution in [3.05, 3.63) is 54.0 Å². The Labute approximate surface area is 196 Å². The summed E-state index contributed by atoms with van der Waals surface area (Å²) >= 11 is 0. The number of halogens is 3. The molecule has 0 N–H and O–H groups in total. The number of hydrogen-bond acceptors (Lipinski definition) is 5. The number of amides is 2. The lowest BCUT2D eigenvalue weighted by Gasteiger charge is -2.36. The first-order valence-corrected chi connectivity index (χ1v) is 11.4. The van der Waals surface area contributed by atoms with Crippen molar-refractivity contribution >= 4 is 17.5 Å². The third-order valence-electron chi connectivity index (χ3n) is 6.27. The molecular formula is C24H28F3N3O4. The highest BCUT2D eigenvalue weighted by Crippen LogP contribution is 2.32. The van der Waals surface area contributed by atoms with Crippen LogP contribution in [-0.2, 0) is 15.7 Å². The van der Waals surface area contributed by atoms with E-state index in [2.05, 4.69) is 0 Å². The number of nitrogens with zero attached hydrogens (tertiary/aromatic N) is 3. The van der Waals surface area contributed by atoms with E-state index < -0.39 is 11.7 Å². The van der Waals surface area contributed by atoms with Gasteiger partial charge in [-0.05, 0) is 37.1 Å². The zero-order valence-corrected chi connectivity index (χ0v) is 18.8. The predicted molar refractivity (Wildman–Crippen MR) is 118 cm³/mol. The first kappa shape index (κ1) is 24.1. The number of piperazine rings is 1. The van der Waals surface area contributed by atoms with Crippen LogP contribution in [0.25, 0.3) is 0 Å². The largest absolute Gasteiger partial charge is 0.472 e. The van der Waals surface area contributed by atoms with Crippen LogP contribution in [0.4, 0.5) is 18.9 Å². The molecule has 0 spiro atoms. The van der Waals surface area contributed by atoms with Crippen molar-refractivity contribution in [3.63, 3.8) is 0 Å². The summed E-state index contributed by atoms with van der Waals surface area (Å²) in [4.78, 5) is 30.9. The Morgan fingerprint density at radius 2 is 1.91 bits per heavy atom. The number of ether oxygens (including phenoxy) is 1. The van der Waals surface area contributed by atoms with Crippen LogP contribution in [0.3, 0.4) is 0 Å². The Kier molecular flexibility index (Phi) is 7.45. The second-order valence-corrected chi connectivity index (χ2v) is 8.56. The highest BCUT2D eigenvalue weighted by atomic mass is 19.4. The first-order chi connectivity index (χ1) is 16.3. The summed E-state index contributed by atoms with van der Waals surface area (Å²) in [6.45, 7) is 3.07. The molecule has 0 radical (unpaired) electrons. The van der Waals surface area contributed by atoms with Crippen LogP contribution in [0.2, 0.25) is 0 Å². The molecule has 7 nitrogen and oxygen atoms in total. The Hall–Kier alpha value is -3.01. The minimum Gasteiger partial charge on any atom is -0.472 e. The normalized spacial score (nSPS) is 18.9. The number of carbonyl (C=O) groups is 2. The standard InChI is InChI=1S/C24H28F3N3O4/c25-24(26,27)19-3-1-4-20(15-19)28-9-11-29(12-10-28)22(31)6-8-30(16-21-5-2-13-34-21)23(32)18-7-14-33-17-18/h1,3-4,7,14-15,17,21H,2,5-6,8-13,16H2. The summed E-state index contributed by atoms with van der Waals surface area (Å²) in [5.41, 5.74) is 0.243. The van der Waals surface area contributed by atoms with Gasteiger partial charge in [-0.25, -0.2) is 0 Å². The van der Waals surface area contributed by atoms with E-state index in [0.717, 1.165) is 25.0 Å². The molecular weight excluding hydrogens is 451 g/mol. The van der Waals surface area contributed by atoms with Crippen molar-refractivity contribution in [3.8, 4) is 0 Å². The van der Waals surface area contributed by atoms with E-state index in [4.69, 9.17) is 9.15 Å². The van der Waals surface area contributed by atoms with E-state index in [1.165, 1.54) is 18.6 Å². The van der Waals surface area contributed by atoms with Crippen molar-refractivity contribution in [2.75, 3.05) is 50.8 Å². The fourth-order valence-corrected chi connectivity index (χ4v) is 4.36. The van der Waals surface area contributed by atoms with Gasteiger partial charge in [0, 0.05) is 58.0 Å². The fourth-order valence-electron chi connectivity index (χ4n) is 4.36. The molecule has 184 valence electrons. The third kappa shape index (κ3) is 5.91. The number of carbonyl (C=O) groups excluding carboxylic acids is 2. The lowest BCUT2D eigenvalue weighted by molar-refractivity contribution is -0.137. The summed E-state index contributed by atoms with van der Waals surface area (Å²) in [6, 6.07) is 6.84. The van der Waals surface area contributed by atoms with Gasteiger partial charge in [-0.3, -0.25) is 9.59 Å². The van der Waals surface area contributed by atoms with Crippen LogP contribution in [0, 0.1) is 0 Å². The quantitative estimate of drug-likeness (QED) is 0.607.